The number of rotatable bonds is 2. The van der Waals surface area contributed by atoms with E-state index in [0.29, 0.717) is 22.4 Å². The minimum Gasteiger partial charge on any atom is -0.294 e. The lowest BCUT2D eigenvalue weighted by Crippen LogP contribution is -2.34. The van der Waals surface area contributed by atoms with Crippen LogP contribution in [0.4, 0.5) is 0 Å². The van der Waals surface area contributed by atoms with Crippen molar-refractivity contribution in [2.45, 2.75) is 52.6 Å². The van der Waals surface area contributed by atoms with Crippen LogP contribution in [0.2, 0.25) is 0 Å². The average Bonchev–Trinajstić information content (AvgIpc) is 2.58. The van der Waals surface area contributed by atoms with Crippen LogP contribution in [0.15, 0.2) is 18.3 Å². The van der Waals surface area contributed by atoms with Crippen molar-refractivity contribution in [2.24, 2.45) is 10.8 Å². The van der Waals surface area contributed by atoms with Gasteiger partial charge in [-0.05, 0) is 42.2 Å². The molecule has 3 rings (SSSR count). The topological polar surface area (TPSA) is 39.9 Å². The standard InChI is InChI=1S/C17H23N3/c1-16(2)7-15-8-17(3,11-16)12-20(15)10-14-6-13(9-18)4-5-19-14/h4-6,15H,7-8,10-12H2,1-3H3/t15-,17-/m1/s1. The van der Waals surface area contributed by atoms with Gasteiger partial charge in [0.2, 0.25) is 0 Å². The summed E-state index contributed by atoms with van der Waals surface area (Å²) in [6.07, 6.45) is 5.66. The van der Waals surface area contributed by atoms with Crippen molar-refractivity contribution in [3.63, 3.8) is 0 Å². The van der Waals surface area contributed by atoms with Crippen molar-refractivity contribution in [3.05, 3.63) is 29.6 Å². The average molecular weight is 269 g/mol. The zero-order chi connectivity index (χ0) is 14.4. The molecule has 1 saturated heterocycles. The van der Waals surface area contributed by atoms with E-state index < -0.39 is 0 Å². The number of fused-ring (bicyclic) bond motifs is 2. The second-order valence-electron chi connectivity index (χ2n) is 7.77. The summed E-state index contributed by atoms with van der Waals surface area (Å²) in [6.45, 7) is 9.27. The fraction of sp³-hybridized carbons (Fsp3) is 0.647. The highest BCUT2D eigenvalue weighted by atomic mass is 15.2. The molecule has 0 radical (unpaired) electrons. The van der Waals surface area contributed by atoms with E-state index in [1.165, 1.54) is 25.8 Å². The Kier molecular flexibility index (Phi) is 3.10. The molecule has 2 heterocycles. The highest BCUT2D eigenvalue weighted by molar-refractivity contribution is 5.28. The van der Waals surface area contributed by atoms with Gasteiger partial charge in [0.15, 0.2) is 0 Å². The number of aromatic nitrogens is 1. The Morgan fingerprint density at radius 3 is 2.95 bits per heavy atom. The smallest absolute Gasteiger partial charge is 0.0992 e. The molecule has 1 saturated carbocycles. The Balaban J connectivity index is 1.78. The molecular formula is C17H23N3. The Hall–Kier alpha value is -1.40. The molecule has 2 atom stereocenters. The summed E-state index contributed by atoms with van der Waals surface area (Å²) in [6, 6.07) is 6.58. The molecule has 0 unspecified atom stereocenters. The van der Waals surface area contributed by atoms with E-state index in [-0.39, 0.29) is 0 Å². The minimum atomic E-state index is 0.453. The fourth-order valence-electron chi connectivity index (χ4n) is 4.60. The van der Waals surface area contributed by atoms with Gasteiger partial charge in [-0.2, -0.15) is 5.26 Å². The number of pyridine rings is 1. The summed E-state index contributed by atoms with van der Waals surface area (Å²) in [5.74, 6) is 0. The van der Waals surface area contributed by atoms with Crippen LogP contribution in [0.3, 0.4) is 0 Å². The zero-order valence-electron chi connectivity index (χ0n) is 12.7. The summed E-state index contributed by atoms with van der Waals surface area (Å²) in [5.41, 5.74) is 2.65. The second-order valence-corrected chi connectivity index (χ2v) is 7.77. The molecule has 106 valence electrons. The van der Waals surface area contributed by atoms with Crippen molar-refractivity contribution < 1.29 is 0 Å². The number of hydrogen-bond acceptors (Lipinski definition) is 3. The van der Waals surface area contributed by atoms with Crippen LogP contribution in [-0.4, -0.2) is 22.5 Å². The maximum atomic E-state index is 8.99. The van der Waals surface area contributed by atoms with Gasteiger partial charge in [-0.15, -0.1) is 0 Å². The molecule has 0 amide bonds. The van der Waals surface area contributed by atoms with Crippen molar-refractivity contribution >= 4 is 0 Å². The van der Waals surface area contributed by atoms with E-state index in [1.54, 1.807) is 12.3 Å². The molecule has 0 N–H and O–H groups in total. The molecule has 0 aromatic carbocycles. The highest BCUT2D eigenvalue weighted by Gasteiger charge is 2.49. The SMILES string of the molecule is CC1(C)C[C@@H]2C[C@@](C)(CN2Cc2cc(C#N)ccn2)C1. The van der Waals surface area contributed by atoms with Crippen LogP contribution in [0.1, 0.15) is 51.3 Å². The van der Waals surface area contributed by atoms with E-state index in [2.05, 4.69) is 36.7 Å². The van der Waals surface area contributed by atoms with E-state index >= 15 is 0 Å². The zero-order valence-corrected chi connectivity index (χ0v) is 12.7. The van der Waals surface area contributed by atoms with Crippen LogP contribution in [-0.2, 0) is 6.54 Å². The molecule has 2 fully saturated rings. The monoisotopic (exact) mass is 269 g/mol. The summed E-state index contributed by atoms with van der Waals surface area (Å²) in [4.78, 5) is 7.01. The third-order valence-electron chi connectivity index (χ3n) is 4.83. The van der Waals surface area contributed by atoms with Crippen molar-refractivity contribution in [1.82, 2.24) is 9.88 Å². The quantitative estimate of drug-likeness (QED) is 0.826. The molecule has 2 aliphatic rings. The first-order chi connectivity index (χ1) is 9.39. The van der Waals surface area contributed by atoms with E-state index in [1.807, 2.05) is 6.07 Å². The first-order valence-corrected chi connectivity index (χ1v) is 7.48. The number of hydrogen-bond donors (Lipinski definition) is 0. The molecule has 3 nitrogen and oxygen atoms in total. The third kappa shape index (κ3) is 2.58. The van der Waals surface area contributed by atoms with E-state index in [4.69, 9.17) is 5.26 Å². The Labute approximate surface area is 121 Å². The number of likely N-dealkylation sites (tertiary alicyclic amines) is 1. The van der Waals surface area contributed by atoms with Gasteiger partial charge >= 0.3 is 0 Å². The lowest BCUT2D eigenvalue weighted by atomic mass is 9.65. The van der Waals surface area contributed by atoms with Gasteiger partial charge in [0, 0.05) is 25.3 Å². The number of nitriles is 1. The van der Waals surface area contributed by atoms with Crippen LogP contribution in [0.25, 0.3) is 0 Å². The third-order valence-corrected chi connectivity index (χ3v) is 4.83. The first-order valence-electron chi connectivity index (χ1n) is 7.48. The van der Waals surface area contributed by atoms with Crippen LogP contribution in [0.5, 0.6) is 0 Å². The Morgan fingerprint density at radius 1 is 1.40 bits per heavy atom. The minimum absolute atomic E-state index is 0.453. The second kappa shape index (κ2) is 4.56. The lowest BCUT2D eigenvalue weighted by Gasteiger charge is -2.39. The molecule has 1 aromatic rings. The van der Waals surface area contributed by atoms with Gasteiger partial charge in [-0.25, -0.2) is 0 Å². The molecule has 0 spiro atoms. The largest absolute Gasteiger partial charge is 0.294 e. The maximum Gasteiger partial charge on any atom is 0.0992 e. The van der Waals surface area contributed by atoms with Crippen LogP contribution in [0, 0.1) is 22.2 Å². The predicted octanol–water partition coefficient (Wildman–Crippen LogP) is 3.35. The molecule has 1 aliphatic heterocycles. The molecule has 20 heavy (non-hydrogen) atoms. The van der Waals surface area contributed by atoms with Crippen molar-refractivity contribution in [1.29, 1.82) is 5.26 Å². The van der Waals surface area contributed by atoms with Gasteiger partial charge in [-0.1, -0.05) is 20.8 Å². The molecule has 1 aromatic heterocycles. The lowest BCUT2D eigenvalue weighted by molar-refractivity contribution is 0.126. The summed E-state index contributed by atoms with van der Waals surface area (Å²) >= 11 is 0. The van der Waals surface area contributed by atoms with E-state index in [0.717, 1.165) is 12.2 Å². The van der Waals surface area contributed by atoms with Crippen LogP contribution >= 0.6 is 0 Å². The van der Waals surface area contributed by atoms with Crippen molar-refractivity contribution in [2.75, 3.05) is 6.54 Å². The van der Waals surface area contributed by atoms with E-state index in [9.17, 15) is 0 Å². The van der Waals surface area contributed by atoms with Crippen LogP contribution < -0.4 is 0 Å². The Morgan fingerprint density at radius 2 is 2.20 bits per heavy atom. The van der Waals surface area contributed by atoms with Gasteiger partial charge in [-0.3, -0.25) is 9.88 Å². The Bertz CT molecular complexity index is 558. The normalized spacial score (nSPS) is 32.0. The van der Waals surface area contributed by atoms with Crippen molar-refractivity contribution in [3.8, 4) is 6.07 Å². The first kappa shape index (κ1) is 13.6. The molecule has 2 bridgehead atoms. The fourth-order valence-corrected chi connectivity index (χ4v) is 4.60. The molecule has 3 heteroatoms. The number of nitrogens with zero attached hydrogens (tertiary/aromatic N) is 3. The molecular weight excluding hydrogens is 246 g/mol. The molecule has 1 aliphatic carbocycles. The maximum absolute atomic E-state index is 8.99. The summed E-state index contributed by atoms with van der Waals surface area (Å²) < 4.78 is 0. The van der Waals surface area contributed by atoms with Gasteiger partial charge < -0.3 is 0 Å². The van der Waals surface area contributed by atoms with Gasteiger partial charge in [0.05, 0.1) is 17.3 Å². The van der Waals surface area contributed by atoms with Gasteiger partial charge in [0.1, 0.15) is 0 Å². The van der Waals surface area contributed by atoms with Gasteiger partial charge in [0.25, 0.3) is 0 Å². The summed E-state index contributed by atoms with van der Waals surface area (Å²) in [7, 11) is 0. The predicted molar refractivity (Wildman–Crippen MR) is 78.9 cm³/mol. The summed E-state index contributed by atoms with van der Waals surface area (Å²) in [5, 5.41) is 8.99. The highest BCUT2D eigenvalue weighted by Crippen LogP contribution is 2.52.